The van der Waals surface area contributed by atoms with E-state index in [1.54, 1.807) is 0 Å². The maximum Gasteiger partial charge on any atom is 0.0418 e. The minimum Gasteiger partial charge on any atom is -0.379 e. The molecule has 1 heterocycles. The summed E-state index contributed by atoms with van der Waals surface area (Å²) in [6.07, 6.45) is 7.44. The summed E-state index contributed by atoms with van der Waals surface area (Å²) in [5.41, 5.74) is 5.98. The van der Waals surface area contributed by atoms with Crippen molar-refractivity contribution < 1.29 is 0 Å². The van der Waals surface area contributed by atoms with Gasteiger partial charge >= 0.3 is 0 Å². The van der Waals surface area contributed by atoms with Crippen LogP contribution in [0.15, 0.2) is 29.8 Å². The highest BCUT2D eigenvalue weighted by molar-refractivity contribution is 5.74. The van der Waals surface area contributed by atoms with E-state index < -0.39 is 0 Å². The third kappa shape index (κ3) is 2.43. The second-order valence-electron chi connectivity index (χ2n) is 6.71. The Balaban J connectivity index is 2.12. The molecule has 0 bridgehead atoms. The van der Waals surface area contributed by atoms with Gasteiger partial charge in [0, 0.05) is 16.8 Å². The van der Waals surface area contributed by atoms with E-state index in [2.05, 4.69) is 56.8 Å². The van der Waals surface area contributed by atoms with Gasteiger partial charge in [-0.05, 0) is 56.6 Å². The second-order valence-corrected chi connectivity index (χ2v) is 6.71. The Kier molecular flexibility index (Phi) is 3.16. The third-order valence-electron chi connectivity index (χ3n) is 4.41. The van der Waals surface area contributed by atoms with Gasteiger partial charge in [-0.25, -0.2) is 0 Å². The average Bonchev–Trinajstić information content (AvgIpc) is 2.37. The van der Waals surface area contributed by atoms with Crippen LogP contribution in [0.2, 0.25) is 0 Å². The van der Waals surface area contributed by atoms with Crippen LogP contribution in [0.25, 0.3) is 5.70 Å². The summed E-state index contributed by atoms with van der Waals surface area (Å²) in [5, 5.41) is 3.80. The fourth-order valence-corrected chi connectivity index (χ4v) is 3.46. The van der Waals surface area contributed by atoms with Crippen LogP contribution < -0.4 is 5.32 Å². The topological polar surface area (TPSA) is 12.0 Å². The van der Waals surface area contributed by atoms with Crippen molar-refractivity contribution in [2.45, 2.75) is 52.0 Å². The summed E-state index contributed by atoms with van der Waals surface area (Å²) in [4.78, 5) is 0. The van der Waals surface area contributed by atoms with E-state index in [0.29, 0.717) is 5.92 Å². The molecule has 1 radical (unpaired) electrons. The highest BCUT2D eigenvalue weighted by Gasteiger charge is 2.30. The van der Waals surface area contributed by atoms with Crippen molar-refractivity contribution in [3.05, 3.63) is 47.4 Å². The first-order valence-electron chi connectivity index (χ1n) is 7.51. The van der Waals surface area contributed by atoms with Crippen molar-refractivity contribution in [1.29, 1.82) is 0 Å². The lowest BCUT2D eigenvalue weighted by atomic mass is 9.79. The van der Waals surface area contributed by atoms with Gasteiger partial charge in [-0.1, -0.05) is 37.6 Å². The van der Waals surface area contributed by atoms with Crippen LogP contribution in [0.4, 0.5) is 0 Å². The maximum atomic E-state index is 3.80. The van der Waals surface area contributed by atoms with Crippen LogP contribution in [0.3, 0.4) is 0 Å². The minimum absolute atomic E-state index is 0.154. The van der Waals surface area contributed by atoms with E-state index in [1.807, 2.05) is 0 Å². The zero-order valence-corrected chi connectivity index (χ0v) is 12.3. The monoisotopic (exact) mass is 254 g/mol. The Hall–Kier alpha value is -1.24. The van der Waals surface area contributed by atoms with Gasteiger partial charge in [-0.15, -0.1) is 0 Å². The molecule has 1 aromatic carbocycles. The number of benzene rings is 1. The number of rotatable bonds is 0. The van der Waals surface area contributed by atoms with Crippen molar-refractivity contribution in [2.75, 3.05) is 0 Å². The Bertz CT molecular complexity index is 510. The Morgan fingerprint density at radius 3 is 2.79 bits per heavy atom. The summed E-state index contributed by atoms with van der Waals surface area (Å²) in [7, 11) is 0. The van der Waals surface area contributed by atoms with E-state index in [-0.39, 0.29) is 5.54 Å². The van der Waals surface area contributed by atoms with Crippen molar-refractivity contribution >= 4 is 5.70 Å². The third-order valence-corrected chi connectivity index (χ3v) is 4.41. The van der Waals surface area contributed by atoms with Gasteiger partial charge in [-0.3, -0.25) is 0 Å². The largest absolute Gasteiger partial charge is 0.379 e. The molecule has 1 aliphatic carbocycles. The lowest BCUT2D eigenvalue weighted by Gasteiger charge is -2.38. The maximum absolute atomic E-state index is 3.80. The van der Waals surface area contributed by atoms with Crippen LogP contribution in [0, 0.1) is 12.3 Å². The molecule has 19 heavy (non-hydrogen) atoms. The highest BCUT2D eigenvalue weighted by Crippen LogP contribution is 2.38. The SMILES string of the molecule is CC1CCC[CH]/C1=C1\NC(C)(C)Cc2ccccc21. The van der Waals surface area contributed by atoms with Crippen LogP contribution >= 0.6 is 0 Å². The number of allylic oxidation sites excluding steroid dienone is 1. The second kappa shape index (κ2) is 4.70. The first kappa shape index (κ1) is 12.8. The lowest BCUT2D eigenvalue weighted by molar-refractivity contribution is 0.431. The molecule has 1 aliphatic heterocycles. The van der Waals surface area contributed by atoms with Crippen molar-refractivity contribution in [1.82, 2.24) is 5.32 Å². The van der Waals surface area contributed by atoms with Crippen LogP contribution in [-0.2, 0) is 6.42 Å². The minimum atomic E-state index is 0.154. The van der Waals surface area contributed by atoms with Crippen molar-refractivity contribution in [2.24, 2.45) is 5.92 Å². The molecule has 2 aliphatic rings. The van der Waals surface area contributed by atoms with Gasteiger partial charge in [0.1, 0.15) is 0 Å². The van der Waals surface area contributed by atoms with Crippen LogP contribution in [-0.4, -0.2) is 5.54 Å². The Morgan fingerprint density at radius 2 is 2.00 bits per heavy atom. The van der Waals surface area contributed by atoms with E-state index >= 15 is 0 Å². The number of hydrogen-bond donors (Lipinski definition) is 1. The Morgan fingerprint density at radius 1 is 1.21 bits per heavy atom. The fraction of sp³-hybridized carbons (Fsp3) is 0.500. The molecule has 3 rings (SSSR count). The normalized spacial score (nSPS) is 29.5. The zero-order valence-electron chi connectivity index (χ0n) is 12.3. The molecule has 0 spiro atoms. The molecule has 1 saturated carbocycles. The number of hydrogen-bond acceptors (Lipinski definition) is 1. The van der Waals surface area contributed by atoms with Crippen molar-refractivity contribution in [3.63, 3.8) is 0 Å². The fourth-order valence-electron chi connectivity index (χ4n) is 3.46. The van der Waals surface area contributed by atoms with Gasteiger partial charge in [0.05, 0.1) is 0 Å². The van der Waals surface area contributed by atoms with E-state index in [9.17, 15) is 0 Å². The van der Waals surface area contributed by atoms with E-state index in [4.69, 9.17) is 0 Å². The molecule has 101 valence electrons. The van der Waals surface area contributed by atoms with Gasteiger partial charge in [0.15, 0.2) is 0 Å². The quantitative estimate of drug-likeness (QED) is 0.726. The zero-order chi connectivity index (χ0) is 13.5. The highest BCUT2D eigenvalue weighted by atomic mass is 15.0. The molecule has 1 N–H and O–H groups in total. The molecule has 0 aromatic heterocycles. The number of nitrogens with one attached hydrogen (secondary N) is 1. The summed E-state index contributed by atoms with van der Waals surface area (Å²) >= 11 is 0. The molecular weight excluding hydrogens is 230 g/mol. The van der Waals surface area contributed by atoms with Gasteiger partial charge in [0.25, 0.3) is 0 Å². The first-order chi connectivity index (χ1) is 9.07. The molecule has 1 heteroatoms. The Labute approximate surface area is 117 Å². The average molecular weight is 254 g/mol. The van der Waals surface area contributed by atoms with E-state index in [1.165, 1.54) is 41.7 Å². The van der Waals surface area contributed by atoms with Gasteiger partial charge in [-0.2, -0.15) is 0 Å². The van der Waals surface area contributed by atoms with Crippen LogP contribution in [0.1, 0.15) is 51.2 Å². The molecule has 1 unspecified atom stereocenters. The summed E-state index contributed by atoms with van der Waals surface area (Å²) < 4.78 is 0. The van der Waals surface area contributed by atoms with E-state index in [0.717, 1.165) is 6.42 Å². The molecule has 1 fully saturated rings. The predicted octanol–water partition coefficient (Wildman–Crippen LogP) is 4.35. The molecule has 1 nitrogen and oxygen atoms in total. The lowest BCUT2D eigenvalue weighted by Crippen LogP contribution is -2.44. The summed E-state index contributed by atoms with van der Waals surface area (Å²) in [6, 6.07) is 8.88. The molecule has 1 atom stereocenters. The molecule has 1 aromatic rings. The standard InChI is InChI=1S/C18H24N/c1-13-8-4-6-10-15(13)17-16-11-7-5-9-14(16)12-18(2,3)19-17/h5,7,9-11,13,19H,4,6,8,12H2,1-3H3/b17-15+. The summed E-state index contributed by atoms with van der Waals surface area (Å²) in [6.45, 7) is 6.97. The van der Waals surface area contributed by atoms with Gasteiger partial charge in [0.2, 0.25) is 0 Å². The molecule has 0 saturated heterocycles. The smallest absolute Gasteiger partial charge is 0.0418 e. The first-order valence-corrected chi connectivity index (χ1v) is 7.51. The van der Waals surface area contributed by atoms with Crippen molar-refractivity contribution in [3.8, 4) is 0 Å². The van der Waals surface area contributed by atoms with Crippen LogP contribution in [0.5, 0.6) is 0 Å². The summed E-state index contributed by atoms with van der Waals surface area (Å²) in [5.74, 6) is 0.679. The predicted molar refractivity (Wildman–Crippen MR) is 81.6 cm³/mol. The molecular formula is C18H24N. The number of fused-ring (bicyclic) bond motifs is 1. The molecule has 0 amide bonds. The van der Waals surface area contributed by atoms with Gasteiger partial charge < -0.3 is 5.32 Å².